The van der Waals surface area contributed by atoms with Crippen LogP contribution in [0.25, 0.3) is 0 Å². The minimum absolute atomic E-state index is 0.0317. The van der Waals surface area contributed by atoms with Crippen molar-refractivity contribution in [3.63, 3.8) is 0 Å². The molecule has 0 saturated heterocycles. The maximum absolute atomic E-state index is 11.8. The van der Waals surface area contributed by atoms with Gasteiger partial charge in [-0.25, -0.2) is 0 Å². The lowest BCUT2D eigenvalue weighted by atomic mass is 9.53. The molecule has 0 heterocycles. The van der Waals surface area contributed by atoms with E-state index < -0.39 is 0 Å². The first kappa shape index (κ1) is 11.9. The fourth-order valence-electron chi connectivity index (χ4n) is 3.44. The number of carbonyl (C=O) groups is 1. The Bertz CT molecular complexity index is 251. The molecule has 3 aliphatic carbocycles. The van der Waals surface area contributed by atoms with Gasteiger partial charge in [-0.2, -0.15) is 0 Å². The third-order valence-corrected chi connectivity index (χ3v) is 4.77. The molecule has 0 aromatic carbocycles. The number of hydrogen-bond acceptors (Lipinski definition) is 3. The second kappa shape index (κ2) is 4.36. The number of fused-ring (bicyclic) bond motifs is 3. The first-order chi connectivity index (χ1) is 7.66. The third kappa shape index (κ3) is 1.86. The lowest BCUT2D eigenvalue weighted by molar-refractivity contribution is -0.162. The largest absolute Gasteiger partial charge is 0.469 e. The van der Waals surface area contributed by atoms with Gasteiger partial charge in [0.15, 0.2) is 0 Å². The van der Waals surface area contributed by atoms with Crippen LogP contribution in [0.2, 0.25) is 0 Å². The number of methoxy groups -OCH3 is 1. The van der Waals surface area contributed by atoms with Gasteiger partial charge in [0.1, 0.15) is 0 Å². The van der Waals surface area contributed by atoms with Crippen LogP contribution in [0.3, 0.4) is 0 Å². The van der Waals surface area contributed by atoms with Crippen molar-refractivity contribution < 1.29 is 9.53 Å². The first-order valence-electron chi connectivity index (χ1n) is 6.46. The quantitative estimate of drug-likeness (QED) is 0.745. The molecule has 1 N–H and O–H groups in total. The molecular weight excluding hydrogens is 202 g/mol. The van der Waals surface area contributed by atoms with Crippen LogP contribution in [-0.4, -0.2) is 26.2 Å². The fraction of sp³-hybridized carbons (Fsp3) is 0.923. The molecule has 0 spiro atoms. The highest BCUT2D eigenvalue weighted by Gasteiger charge is 2.52. The Labute approximate surface area is 97.9 Å². The van der Waals surface area contributed by atoms with Gasteiger partial charge < -0.3 is 10.1 Å². The van der Waals surface area contributed by atoms with Crippen molar-refractivity contribution in [3.05, 3.63) is 0 Å². The van der Waals surface area contributed by atoms with Crippen molar-refractivity contribution in [2.45, 2.75) is 45.4 Å². The normalized spacial score (nSPS) is 37.4. The predicted molar refractivity (Wildman–Crippen MR) is 63.1 cm³/mol. The Morgan fingerprint density at radius 3 is 2.19 bits per heavy atom. The summed E-state index contributed by atoms with van der Waals surface area (Å²) in [5, 5.41) is 3.47. The maximum atomic E-state index is 11.8. The molecule has 0 unspecified atom stereocenters. The average molecular weight is 225 g/mol. The summed E-state index contributed by atoms with van der Waals surface area (Å²) in [4.78, 5) is 11.8. The molecular formula is C13H23NO2. The Hall–Kier alpha value is -0.570. The van der Waals surface area contributed by atoms with E-state index in [9.17, 15) is 4.79 Å². The van der Waals surface area contributed by atoms with Gasteiger partial charge in [0.2, 0.25) is 0 Å². The molecule has 0 aromatic rings. The van der Waals surface area contributed by atoms with Gasteiger partial charge >= 0.3 is 5.97 Å². The molecule has 3 heteroatoms. The van der Waals surface area contributed by atoms with Crippen LogP contribution in [-0.2, 0) is 9.53 Å². The second-order valence-corrected chi connectivity index (χ2v) is 5.55. The molecule has 0 radical (unpaired) electrons. The minimum Gasteiger partial charge on any atom is -0.469 e. The molecule has 3 rings (SSSR count). The van der Waals surface area contributed by atoms with Crippen LogP contribution in [0.5, 0.6) is 0 Å². The van der Waals surface area contributed by atoms with Crippen molar-refractivity contribution >= 4 is 5.97 Å². The molecule has 3 aliphatic rings. The van der Waals surface area contributed by atoms with Gasteiger partial charge in [0, 0.05) is 6.54 Å². The molecule has 92 valence electrons. The van der Waals surface area contributed by atoms with Gasteiger partial charge in [-0.1, -0.05) is 6.92 Å². The zero-order valence-corrected chi connectivity index (χ0v) is 10.5. The van der Waals surface area contributed by atoms with E-state index >= 15 is 0 Å². The van der Waals surface area contributed by atoms with Crippen molar-refractivity contribution in [2.75, 3.05) is 20.2 Å². The number of rotatable bonds is 4. The van der Waals surface area contributed by atoms with E-state index in [0.717, 1.165) is 32.4 Å². The summed E-state index contributed by atoms with van der Waals surface area (Å²) in [6, 6.07) is 0. The second-order valence-electron chi connectivity index (χ2n) is 5.55. The average Bonchev–Trinajstić information content (AvgIpc) is 2.37. The molecule has 3 saturated carbocycles. The summed E-state index contributed by atoms with van der Waals surface area (Å²) in [5.74, 6) is 0.0317. The highest BCUT2D eigenvalue weighted by molar-refractivity contribution is 5.77. The monoisotopic (exact) mass is 225 g/mol. The minimum atomic E-state index is -0.122. The van der Waals surface area contributed by atoms with E-state index in [1.165, 1.54) is 26.4 Å². The molecule has 2 bridgehead atoms. The smallest absolute Gasteiger partial charge is 0.311 e. The van der Waals surface area contributed by atoms with E-state index in [1.807, 2.05) is 0 Å². The SMILES string of the molecule is CCNCC12CCC(C(=O)OC)(CC1)CC2. The molecule has 0 aromatic heterocycles. The number of nitrogens with one attached hydrogen (secondary N) is 1. The molecule has 3 fully saturated rings. The molecule has 16 heavy (non-hydrogen) atoms. The fourth-order valence-corrected chi connectivity index (χ4v) is 3.44. The van der Waals surface area contributed by atoms with E-state index in [4.69, 9.17) is 4.74 Å². The van der Waals surface area contributed by atoms with Crippen LogP contribution < -0.4 is 5.32 Å². The van der Waals surface area contributed by atoms with Crippen molar-refractivity contribution in [1.29, 1.82) is 0 Å². The van der Waals surface area contributed by atoms with Crippen LogP contribution in [0, 0.1) is 10.8 Å². The summed E-state index contributed by atoms with van der Waals surface area (Å²) in [7, 11) is 1.52. The zero-order valence-electron chi connectivity index (χ0n) is 10.5. The Morgan fingerprint density at radius 2 is 1.75 bits per heavy atom. The Kier molecular flexibility index (Phi) is 3.24. The Balaban J connectivity index is 2.00. The third-order valence-electron chi connectivity index (χ3n) is 4.77. The van der Waals surface area contributed by atoms with E-state index in [2.05, 4.69) is 12.2 Å². The van der Waals surface area contributed by atoms with Crippen LogP contribution in [0.1, 0.15) is 45.4 Å². The lowest BCUT2D eigenvalue weighted by Gasteiger charge is -2.52. The first-order valence-corrected chi connectivity index (χ1v) is 6.46. The number of carbonyl (C=O) groups excluding carboxylic acids is 1. The number of esters is 1. The zero-order chi connectivity index (χ0) is 11.6. The lowest BCUT2D eigenvalue weighted by Crippen LogP contribution is -2.49. The Morgan fingerprint density at radius 1 is 1.19 bits per heavy atom. The van der Waals surface area contributed by atoms with Crippen molar-refractivity contribution in [2.24, 2.45) is 10.8 Å². The van der Waals surface area contributed by atoms with E-state index in [1.54, 1.807) is 0 Å². The number of hydrogen-bond donors (Lipinski definition) is 1. The highest BCUT2D eigenvalue weighted by Crippen LogP contribution is 2.56. The van der Waals surface area contributed by atoms with Gasteiger partial charge in [0.25, 0.3) is 0 Å². The standard InChI is InChI=1S/C13H23NO2/c1-3-14-10-12-4-7-13(8-5-12,9-6-12)11(15)16-2/h14H,3-10H2,1-2H3. The summed E-state index contributed by atoms with van der Waals surface area (Å²) < 4.78 is 4.97. The molecule has 0 amide bonds. The van der Waals surface area contributed by atoms with Crippen molar-refractivity contribution in [3.8, 4) is 0 Å². The topological polar surface area (TPSA) is 38.3 Å². The summed E-state index contributed by atoms with van der Waals surface area (Å²) in [5.41, 5.74) is 0.356. The van der Waals surface area contributed by atoms with E-state index in [0.29, 0.717) is 5.41 Å². The van der Waals surface area contributed by atoms with Crippen LogP contribution >= 0.6 is 0 Å². The summed E-state index contributed by atoms with van der Waals surface area (Å²) in [6.45, 7) is 4.33. The van der Waals surface area contributed by atoms with Crippen molar-refractivity contribution in [1.82, 2.24) is 5.32 Å². The van der Waals surface area contributed by atoms with Gasteiger partial charge in [-0.15, -0.1) is 0 Å². The maximum Gasteiger partial charge on any atom is 0.311 e. The summed E-state index contributed by atoms with van der Waals surface area (Å²) >= 11 is 0. The van der Waals surface area contributed by atoms with Crippen LogP contribution in [0.15, 0.2) is 0 Å². The van der Waals surface area contributed by atoms with Crippen LogP contribution in [0.4, 0.5) is 0 Å². The van der Waals surface area contributed by atoms with E-state index in [-0.39, 0.29) is 11.4 Å². The molecule has 0 atom stereocenters. The number of ether oxygens (including phenoxy) is 1. The predicted octanol–water partition coefficient (Wildman–Crippen LogP) is 2.11. The van der Waals surface area contributed by atoms with Gasteiger partial charge in [-0.3, -0.25) is 4.79 Å². The highest BCUT2D eigenvalue weighted by atomic mass is 16.5. The van der Waals surface area contributed by atoms with Gasteiger partial charge in [0.05, 0.1) is 12.5 Å². The molecule has 0 aliphatic heterocycles. The molecule has 3 nitrogen and oxygen atoms in total. The summed E-state index contributed by atoms with van der Waals surface area (Å²) in [6.07, 6.45) is 6.67. The van der Waals surface area contributed by atoms with Gasteiger partial charge in [-0.05, 0) is 50.5 Å².